The van der Waals surface area contributed by atoms with Gasteiger partial charge in [-0.3, -0.25) is 0 Å². The largest absolute Gasteiger partial charge is 0.476 e. The van der Waals surface area contributed by atoms with Crippen LogP contribution in [0, 0.1) is 36.0 Å². The zero-order valence-electron chi connectivity index (χ0n) is 17.6. The summed E-state index contributed by atoms with van der Waals surface area (Å²) < 4.78 is 103. The zero-order valence-corrected chi connectivity index (χ0v) is 19.9. The summed E-state index contributed by atoms with van der Waals surface area (Å²) in [6.07, 6.45) is 5.36. The van der Waals surface area contributed by atoms with Crippen LogP contribution in [-0.4, -0.2) is 46.2 Å². The molecule has 0 aliphatic carbocycles. The van der Waals surface area contributed by atoms with Crippen molar-refractivity contribution >= 4 is 39.8 Å². The lowest BCUT2D eigenvalue weighted by Crippen LogP contribution is -2.33. The lowest BCUT2D eigenvalue weighted by Gasteiger charge is -2.26. The van der Waals surface area contributed by atoms with Crippen LogP contribution >= 0.6 is 23.2 Å². The Morgan fingerprint density at radius 2 is 1.56 bits per heavy atom. The normalized spacial score (nSPS) is 12.5. The summed E-state index contributed by atoms with van der Waals surface area (Å²) in [6, 6.07) is 2.29. The van der Waals surface area contributed by atoms with Crippen molar-refractivity contribution < 1.29 is 40.0 Å². The number of rotatable bonds is 9. The number of nitrogens with zero attached hydrogens (tertiary/aromatic N) is 4. The summed E-state index contributed by atoms with van der Waals surface area (Å²) >= 11 is 12.0. The van der Waals surface area contributed by atoms with Gasteiger partial charge in [0.1, 0.15) is 43.3 Å². The van der Waals surface area contributed by atoms with Crippen molar-refractivity contribution in [2.75, 3.05) is 31.6 Å². The van der Waals surface area contributed by atoms with Crippen molar-refractivity contribution in [2.45, 2.75) is 16.6 Å². The first-order valence-corrected chi connectivity index (χ1v) is 11.0. The molecule has 0 saturated heterocycles. The number of benzene rings is 1. The van der Waals surface area contributed by atoms with Gasteiger partial charge in [-0.15, -0.1) is 12.8 Å². The van der Waals surface area contributed by atoms with Crippen LogP contribution in [0.4, 0.5) is 32.2 Å². The molecule has 0 amide bonds. The van der Waals surface area contributed by atoms with E-state index in [9.17, 15) is 35.8 Å². The van der Waals surface area contributed by atoms with Gasteiger partial charge in [0.25, 0.3) is 0 Å². The molecular formula is C20H12Cl2F6N4O3S. The molecular weight excluding hydrogens is 561 g/mol. The van der Waals surface area contributed by atoms with Crippen molar-refractivity contribution in [3.8, 4) is 36.4 Å². The molecule has 16 heteroatoms. The lowest BCUT2D eigenvalue weighted by atomic mass is 10.2. The van der Waals surface area contributed by atoms with Gasteiger partial charge in [0.05, 0.1) is 15.6 Å². The number of terminal acetylenes is 2. The molecule has 1 atom stereocenters. The molecule has 1 aromatic carbocycles. The zero-order chi connectivity index (χ0) is 27.3. The van der Waals surface area contributed by atoms with E-state index in [-0.39, 0.29) is 13.2 Å². The molecule has 1 aromatic heterocycles. The minimum atomic E-state index is -5.37. The molecule has 36 heavy (non-hydrogen) atoms. The molecule has 0 aliphatic heterocycles. The second-order valence-corrected chi connectivity index (χ2v) is 8.65. The summed E-state index contributed by atoms with van der Waals surface area (Å²) in [5.41, 5.74) is -8.15. The quantitative estimate of drug-likeness (QED) is 0.187. The van der Waals surface area contributed by atoms with Crippen LogP contribution in [0.25, 0.3) is 5.69 Å². The molecule has 0 radical (unpaired) electrons. The summed E-state index contributed by atoms with van der Waals surface area (Å²) in [5.74, 6) is 3.52. The van der Waals surface area contributed by atoms with Crippen LogP contribution in [0.1, 0.15) is 11.3 Å². The third-order valence-corrected chi connectivity index (χ3v) is 5.78. The number of hydrogen-bond donors (Lipinski definition) is 0. The van der Waals surface area contributed by atoms with E-state index in [2.05, 4.69) is 16.9 Å². The third kappa shape index (κ3) is 6.64. The predicted molar refractivity (Wildman–Crippen MR) is 118 cm³/mol. The van der Waals surface area contributed by atoms with E-state index in [4.69, 9.17) is 45.5 Å². The molecule has 2 rings (SSSR count). The number of halogens is 8. The summed E-state index contributed by atoms with van der Waals surface area (Å²) in [7, 11) is -3.85. The van der Waals surface area contributed by atoms with E-state index < -0.39 is 73.6 Å². The molecule has 0 bridgehead atoms. The van der Waals surface area contributed by atoms with Gasteiger partial charge in [-0.2, -0.15) is 36.7 Å². The second kappa shape index (κ2) is 11.9. The predicted octanol–water partition coefficient (Wildman–Crippen LogP) is 4.72. The molecule has 7 nitrogen and oxygen atoms in total. The molecule has 1 unspecified atom stereocenters. The first-order valence-electron chi connectivity index (χ1n) is 9.13. The average Bonchev–Trinajstić information content (AvgIpc) is 3.14. The van der Waals surface area contributed by atoms with E-state index in [1.54, 1.807) is 0 Å². The molecule has 2 aromatic rings. The molecule has 1 heterocycles. The minimum Gasteiger partial charge on any atom is -0.348 e. The number of aromatic nitrogens is 2. The van der Waals surface area contributed by atoms with Gasteiger partial charge < -0.3 is 14.4 Å². The van der Waals surface area contributed by atoms with E-state index in [1.165, 1.54) is 6.07 Å². The number of hydrogen-bond acceptors (Lipinski definition) is 6. The smallest absolute Gasteiger partial charge is 0.348 e. The van der Waals surface area contributed by atoms with Gasteiger partial charge in [0, 0.05) is 0 Å². The minimum absolute atomic E-state index is 0.329. The van der Waals surface area contributed by atoms with Gasteiger partial charge in [-0.05, 0) is 12.1 Å². The van der Waals surface area contributed by atoms with E-state index in [0.29, 0.717) is 16.8 Å². The van der Waals surface area contributed by atoms with Crippen LogP contribution in [0.15, 0.2) is 17.0 Å². The highest BCUT2D eigenvalue weighted by Gasteiger charge is 2.44. The summed E-state index contributed by atoms with van der Waals surface area (Å²) in [6.45, 7) is -1.87. The monoisotopic (exact) mass is 572 g/mol. The standard InChI is InChI=1S/C20H12Cl2F6N4O3S/c1-3-5-34-10-31(11-35-6-4-2)18-17(36(33)20(26,27)28)15(9-29)30-32(18)16-13(21)7-12(8-14(16)22)19(23,24)25/h1-2,7-8H,5-6,10-11H2. The Bertz CT molecular complexity index is 1230. The summed E-state index contributed by atoms with van der Waals surface area (Å²) in [5, 5.41) is 11.8. The Hall–Kier alpha value is -2.93. The Morgan fingerprint density at radius 3 is 1.94 bits per heavy atom. The van der Waals surface area contributed by atoms with Gasteiger partial charge in [0.15, 0.2) is 22.3 Å². The van der Waals surface area contributed by atoms with Gasteiger partial charge in [0.2, 0.25) is 0 Å². The fourth-order valence-electron chi connectivity index (χ4n) is 2.71. The topological polar surface area (TPSA) is 80.4 Å². The Morgan fingerprint density at radius 1 is 1.06 bits per heavy atom. The Balaban J connectivity index is 2.91. The molecule has 192 valence electrons. The Kier molecular flexibility index (Phi) is 9.66. The van der Waals surface area contributed by atoms with Crippen LogP contribution in [0.2, 0.25) is 10.0 Å². The SMILES string of the molecule is C#CCOCN(COCC#C)c1c(S(=O)C(F)(F)F)c(C#N)nn1-c1c(Cl)cc(C(F)(F)F)cc1Cl. The second-order valence-electron chi connectivity index (χ2n) is 6.43. The van der Waals surface area contributed by atoms with Gasteiger partial charge in [-0.1, -0.05) is 35.0 Å². The highest BCUT2D eigenvalue weighted by molar-refractivity contribution is 7.86. The van der Waals surface area contributed by atoms with Crippen molar-refractivity contribution in [2.24, 2.45) is 0 Å². The van der Waals surface area contributed by atoms with Crippen LogP contribution in [-0.2, 0) is 26.4 Å². The van der Waals surface area contributed by atoms with Crippen molar-refractivity contribution in [1.82, 2.24) is 9.78 Å². The lowest BCUT2D eigenvalue weighted by molar-refractivity contribution is -0.137. The average molecular weight is 573 g/mol. The number of nitriles is 1. The molecule has 0 aliphatic rings. The number of ether oxygens (including phenoxy) is 2. The first-order chi connectivity index (χ1) is 16.8. The maximum Gasteiger partial charge on any atom is 0.476 e. The number of alkyl halides is 6. The van der Waals surface area contributed by atoms with E-state index in [0.717, 1.165) is 4.90 Å². The third-order valence-electron chi connectivity index (χ3n) is 4.04. The van der Waals surface area contributed by atoms with E-state index >= 15 is 0 Å². The van der Waals surface area contributed by atoms with Crippen molar-refractivity contribution in [1.29, 1.82) is 5.26 Å². The van der Waals surface area contributed by atoms with E-state index in [1.807, 2.05) is 0 Å². The van der Waals surface area contributed by atoms with Gasteiger partial charge >= 0.3 is 11.7 Å². The van der Waals surface area contributed by atoms with Crippen LogP contribution in [0.5, 0.6) is 0 Å². The molecule has 0 spiro atoms. The number of anilines is 1. The maximum absolute atomic E-state index is 13.5. The molecule has 0 fully saturated rings. The molecule has 0 N–H and O–H groups in total. The van der Waals surface area contributed by atoms with Gasteiger partial charge in [-0.25, -0.2) is 8.89 Å². The maximum atomic E-state index is 13.5. The van der Waals surface area contributed by atoms with Crippen molar-refractivity contribution in [3.63, 3.8) is 0 Å². The summed E-state index contributed by atoms with van der Waals surface area (Å²) in [4.78, 5) is -0.267. The van der Waals surface area contributed by atoms with Crippen LogP contribution < -0.4 is 4.90 Å². The Labute approximate surface area is 212 Å². The molecule has 0 saturated carbocycles. The highest BCUT2D eigenvalue weighted by atomic mass is 35.5. The van der Waals surface area contributed by atoms with Crippen molar-refractivity contribution in [3.05, 3.63) is 33.4 Å². The fourth-order valence-corrected chi connectivity index (χ4v) is 4.23. The first kappa shape index (κ1) is 29.3. The highest BCUT2D eigenvalue weighted by Crippen LogP contribution is 2.42. The fraction of sp³-hybridized carbons (Fsp3) is 0.300. The van der Waals surface area contributed by atoms with Crippen LogP contribution in [0.3, 0.4) is 0 Å².